The summed E-state index contributed by atoms with van der Waals surface area (Å²) >= 11 is 11.8. The Labute approximate surface area is 160 Å². The summed E-state index contributed by atoms with van der Waals surface area (Å²) in [5.74, 6) is 0.369. The average molecular weight is 394 g/mol. The largest absolute Gasteiger partial charge is 0.352 e. The molecule has 1 aromatic heterocycles. The molecule has 0 saturated carbocycles. The predicted molar refractivity (Wildman–Crippen MR) is 101 cm³/mol. The lowest BCUT2D eigenvalue weighted by atomic mass is 10.3. The van der Waals surface area contributed by atoms with Crippen LogP contribution >= 0.6 is 23.2 Å². The van der Waals surface area contributed by atoms with Crippen molar-refractivity contribution in [3.63, 3.8) is 0 Å². The zero-order valence-corrected chi connectivity index (χ0v) is 15.6. The van der Waals surface area contributed by atoms with E-state index in [0.29, 0.717) is 47.7 Å². The Morgan fingerprint density at radius 2 is 1.77 bits per heavy atom. The highest BCUT2D eigenvalue weighted by Crippen LogP contribution is 2.25. The van der Waals surface area contributed by atoms with Crippen LogP contribution in [0.4, 0.5) is 11.5 Å². The number of halogens is 2. The van der Waals surface area contributed by atoms with Gasteiger partial charge in [0.15, 0.2) is 0 Å². The van der Waals surface area contributed by atoms with Crippen LogP contribution in [0.3, 0.4) is 0 Å². The second kappa shape index (κ2) is 7.88. The lowest BCUT2D eigenvalue weighted by Gasteiger charge is -2.34. The number of nitrogens with one attached hydrogen (secondary N) is 1. The van der Waals surface area contributed by atoms with Gasteiger partial charge < -0.3 is 15.1 Å². The van der Waals surface area contributed by atoms with Crippen LogP contribution < -0.4 is 10.2 Å². The smallest absolute Gasteiger partial charge is 0.275 e. The summed E-state index contributed by atoms with van der Waals surface area (Å²) in [6, 6.07) is 4.83. The quantitative estimate of drug-likeness (QED) is 0.866. The molecule has 26 heavy (non-hydrogen) atoms. The zero-order valence-electron chi connectivity index (χ0n) is 14.1. The van der Waals surface area contributed by atoms with Gasteiger partial charge in [0.1, 0.15) is 11.5 Å². The van der Waals surface area contributed by atoms with Gasteiger partial charge in [-0.2, -0.15) is 0 Å². The van der Waals surface area contributed by atoms with E-state index in [9.17, 15) is 9.59 Å². The van der Waals surface area contributed by atoms with E-state index in [1.165, 1.54) is 6.20 Å². The molecule has 136 valence electrons. The van der Waals surface area contributed by atoms with E-state index in [1.54, 1.807) is 36.2 Å². The molecule has 2 amide bonds. The molecule has 1 saturated heterocycles. The summed E-state index contributed by atoms with van der Waals surface area (Å²) in [7, 11) is 0. The van der Waals surface area contributed by atoms with E-state index >= 15 is 0 Å². The second-order valence-corrected chi connectivity index (χ2v) is 6.65. The first-order valence-corrected chi connectivity index (χ1v) is 8.78. The first kappa shape index (κ1) is 18.4. The van der Waals surface area contributed by atoms with Crippen molar-refractivity contribution in [3.8, 4) is 0 Å². The number of piperazine rings is 1. The Kier molecular flexibility index (Phi) is 5.58. The fourth-order valence-electron chi connectivity index (χ4n) is 2.62. The minimum Gasteiger partial charge on any atom is -0.352 e. The average Bonchev–Trinajstić information content (AvgIpc) is 2.65. The fourth-order valence-corrected chi connectivity index (χ4v) is 2.92. The Morgan fingerprint density at radius 1 is 1.04 bits per heavy atom. The molecule has 1 aliphatic rings. The number of benzene rings is 1. The van der Waals surface area contributed by atoms with Crippen LogP contribution in [0.5, 0.6) is 0 Å². The summed E-state index contributed by atoms with van der Waals surface area (Å²) in [5, 5.41) is 3.47. The maximum Gasteiger partial charge on any atom is 0.275 e. The first-order chi connectivity index (χ1) is 12.4. The highest BCUT2D eigenvalue weighted by molar-refractivity contribution is 6.42. The molecule has 1 fully saturated rings. The van der Waals surface area contributed by atoms with Crippen molar-refractivity contribution in [3.05, 3.63) is 46.3 Å². The molecule has 1 aliphatic heterocycles. The number of aromatic nitrogens is 2. The lowest BCUT2D eigenvalue weighted by molar-refractivity contribution is -0.129. The second-order valence-electron chi connectivity index (χ2n) is 5.84. The Bertz CT molecular complexity index is 820. The molecule has 9 heteroatoms. The third kappa shape index (κ3) is 4.23. The summed E-state index contributed by atoms with van der Waals surface area (Å²) < 4.78 is 0. The maximum atomic E-state index is 12.3. The normalized spacial score (nSPS) is 14.3. The Morgan fingerprint density at radius 3 is 2.35 bits per heavy atom. The predicted octanol–water partition coefficient (Wildman–Crippen LogP) is 2.70. The number of rotatable bonds is 3. The van der Waals surface area contributed by atoms with E-state index in [0.717, 1.165) is 0 Å². The highest BCUT2D eigenvalue weighted by atomic mass is 35.5. The molecule has 0 spiro atoms. The Hall–Kier alpha value is -2.38. The van der Waals surface area contributed by atoms with E-state index in [4.69, 9.17) is 23.2 Å². The molecule has 0 radical (unpaired) electrons. The van der Waals surface area contributed by atoms with Crippen LogP contribution in [0.15, 0.2) is 30.6 Å². The molecule has 1 aromatic carbocycles. The van der Waals surface area contributed by atoms with Gasteiger partial charge in [0.05, 0.1) is 22.4 Å². The number of hydrogen-bond donors (Lipinski definition) is 1. The molecule has 3 rings (SSSR count). The van der Waals surface area contributed by atoms with Crippen molar-refractivity contribution >= 4 is 46.5 Å². The van der Waals surface area contributed by atoms with Crippen LogP contribution in [0.2, 0.25) is 10.0 Å². The van der Waals surface area contributed by atoms with Crippen LogP contribution in [0.25, 0.3) is 0 Å². The standard InChI is InChI=1S/C17H17Cl2N5O2/c1-11(25)23-4-6-24(7-5-23)16-10-20-15(9-21-16)17(26)22-12-2-3-13(18)14(19)8-12/h2-3,8-10H,4-7H2,1H3,(H,22,26). The number of anilines is 2. The van der Waals surface area contributed by atoms with Crippen LogP contribution in [-0.2, 0) is 4.79 Å². The maximum absolute atomic E-state index is 12.3. The molecule has 0 bridgehead atoms. The number of carbonyl (C=O) groups excluding carboxylic acids is 2. The number of amides is 2. The first-order valence-electron chi connectivity index (χ1n) is 8.03. The van der Waals surface area contributed by atoms with E-state index in [1.807, 2.05) is 4.90 Å². The molecule has 1 N–H and O–H groups in total. The monoisotopic (exact) mass is 393 g/mol. The summed E-state index contributed by atoms with van der Waals surface area (Å²) in [4.78, 5) is 36.0. The number of hydrogen-bond acceptors (Lipinski definition) is 5. The third-order valence-corrected chi connectivity index (χ3v) is 4.84. The molecule has 0 atom stereocenters. The SMILES string of the molecule is CC(=O)N1CCN(c2cnc(C(=O)Nc3ccc(Cl)c(Cl)c3)cn2)CC1. The van der Waals surface area contributed by atoms with Crippen LogP contribution in [0, 0.1) is 0 Å². The van der Waals surface area contributed by atoms with Crippen LogP contribution in [0.1, 0.15) is 17.4 Å². The summed E-state index contributed by atoms with van der Waals surface area (Å²) in [5.41, 5.74) is 0.720. The van der Waals surface area contributed by atoms with Crippen molar-refractivity contribution in [1.29, 1.82) is 0 Å². The van der Waals surface area contributed by atoms with Crippen molar-refractivity contribution in [2.75, 3.05) is 36.4 Å². The fraction of sp³-hybridized carbons (Fsp3) is 0.294. The van der Waals surface area contributed by atoms with E-state index in [-0.39, 0.29) is 17.5 Å². The number of nitrogens with zero attached hydrogens (tertiary/aromatic N) is 4. The van der Waals surface area contributed by atoms with Gasteiger partial charge in [0, 0.05) is 38.8 Å². The van der Waals surface area contributed by atoms with Gasteiger partial charge in [-0.3, -0.25) is 9.59 Å². The minimum absolute atomic E-state index is 0.0741. The van der Waals surface area contributed by atoms with E-state index in [2.05, 4.69) is 15.3 Å². The molecular weight excluding hydrogens is 377 g/mol. The van der Waals surface area contributed by atoms with Gasteiger partial charge in [-0.25, -0.2) is 9.97 Å². The Balaban J connectivity index is 1.63. The van der Waals surface area contributed by atoms with Gasteiger partial charge in [0.2, 0.25) is 5.91 Å². The molecule has 7 nitrogen and oxygen atoms in total. The molecule has 0 aliphatic carbocycles. The molecular formula is C17H17Cl2N5O2. The van der Waals surface area contributed by atoms with Gasteiger partial charge in [-0.05, 0) is 18.2 Å². The minimum atomic E-state index is -0.385. The van der Waals surface area contributed by atoms with E-state index < -0.39 is 0 Å². The summed E-state index contributed by atoms with van der Waals surface area (Å²) in [6.07, 6.45) is 2.99. The van der Waals surface area contributed by atoms with Crippen molar-refractivity contribution in [2.24, 2.45) is 0 Å². The van der Waals surface area contributed by atoms with Gasteiger partial charge in [-0.15, -0.1) is 0 Å². The van der Waals surface area contributed by atoms with Crippen molar-refractivity contribution in [2.45, 2.75) is 6.92 Å². The van der Waals surface area contributed by atoms with Gasteiger partial charge in [0.25, 0.3) is 5.91 Å². The lowest BCUT2D eigenvalue weighted by Crippen LogP contribution is -2.48. The molecule has 0 unspecified atom stereocenters. The highest BCUT2D eigenvalue weighted by Gasteiger charge is 2.20. The number of carbonyl (C=O) groups is 2. The topological polar surface area (TPSA) is 78.4 Å². The van der Waals surface area contributed by atoms with Gasteiger partial charge >= 0.3 is 0 Å². The molecule has 2 aromatic rings. The third-order valence-electron chi connectivity index (χ3n) is 4.10. The van der Waals surface area contributed by atoms with Gasteiger partial charge in [-0.1, -0.05) is 23.2 Å². The van der Waals surface area contributed by atoms with Crippen molar-refractivity contribution < 1.29 is 9.59 Å². The van der Waals surface area contributed by atoms with Crippen molar-refractivity contribution in [1.82, 2.24) is 14.9 Å². The molecule has 2 heterocycles. The zero-order chi connectivity index (χ0) is 18.7. The summed E-state index contributed by atoms with van der Waals surface area (Å²) in [6.45, 7) is 4.23. The van der Waals surface area contributed by atoms with Crippen LogP contribution in [-0.4, -0.2) is 52.9 Å².